The summed E-state index contributed by atoms with van der Waals surface area (Å²) in [4.78, 5) is 24.8. The highest BCUT2D eigenvalue weighted by Gasteiger charge is 2.16. The van der Waals surface area contributed by atoms with Crippen LogP contribution in [0.25, 0.3) is 5.82 Å². The number of anilines is 1. The number of carbonyl (C=O) groups excluding carboxylic acids is 1. The molecule has 1 aromatic carbocycles. The Morgan fingerprint density at radius 3 is 2.56 bits per heavy atom. The first kappa shape index (κ1) is 18.4. The number of nitrogens with one attached hydrogen (secondary N) is 2. The fourth-order valence-corrected chi connectivity index (χ4v) is 2.56. The molecule has 0 aliphatic carbocycles. The number of hydrogen-bond donors (Lipinski definition) is 2. The van der Waals surface area contributed by atoms with E-state index in [9.17, 15) is 13.6 Å². The van der Waals surface area contributed by atoms with Gasteiger partial charge in [0.25, 0.3) is 5.91 Å². The lowest BCUT2D eigenvalue weighted by Gasteiger charge is -2.11. The second-order valence-corrected chi connectivity index (χ2v) is 5.78. The molecule has 0 unspecified atom stereocenters. The average Bonchev–Trinajstić information content (AvgIpc) is 3.04. The SMILES string of the molecule is Cc1nc(NCCNC(=O)c2c(F)cccc2F)cc(-n2ccnc2C)n1. The molecule has 27 heavy (non-hydrogen) atoms. The van der Waals surface area contributed by atoms with Crippen LogP contribution in [-0.4, -0.2) is 38.5 Å². The normalized spacial score (nSPS) is 10.7. The number of aryl methyl sites for hydroxylation is 2. The van der Waals surface area contributed by atoms with Gasteiger partial charge in [-0.05, 0) is 26.0 Å². The number of amides is 1. The van der Waals surface area contributed by atoms with Crippen LogP contribution in [0.1, 0.15) is 22.0 Å². The molecule has 1 amide bonds. The number of rotatable bonds is 6. The third-order valence-electron chi connectivity index (χ3n) is 3.80. The molecule has 9 heteroatoms. The van der Waals surface area contributed by atoms with Crippen molar-refractivity contribution >= 4 is 11.7 Å². The molecule has 0 saturated heterocycles. The average molecular weight is 372 g/mol. The molecule has 2 heterocycles. The summed E-state index contributed by atoms with van der Waals surface area (Å²) in [5.74, 6) is -0.00590. The molecule has 0 atom stereocenters. The first-order valence-electron chi connectivity index (χ1n) is 8.28. The highest BCUT2D eigenvalue weighted by molar-refractivity contribution is 5.94. The molecule has 0 radical (unpaired) electrons. The number of imidazole rings is 1. The largest absolute Gasteiger partial charge is 0.368 e. The van der Waals surface area contributed by atoms with Gasteiger partial charge in [0.05, 0.1) is 0 Å². The Kier molecular flexibility index (Phi) is 5.39. The Morgan fingerprint density at radius 1 is 1.15 bits per heavy atom. The number of nitrogens with zero attached hydrogens (tertiary/aromatic N) is 4. The summed E-state index contributed by atoms with van der Waals surface area (Å²) in [7, 11) is 0. The molecule has 0 aliphatic heterocycles. The Bertz CT molecular complexity index is 952. The fourth-order valence-electron chi connectivity index (χ4n) is 2.56. The maximum Gasteiger partial charge on any atom is 0.257 e. The van der Waals surface area contributed by atoms with E-state index < -0.39 is 23.1 Å². The molecule has 0 spiro atoms. The predicted octanol–water partition coefficient (Wildman–Crippen LogP) is 2.40. The summed E-state index contributed by atoms with van der Waals surface area (Å²) < 4.78 is 29.0. The lowest BCUT2D eigenvalue weighted by Crippen LogP contribution is -2.30. The highest BCUT2D eigenvalue weighted by Crippen LogP contribution is 2.13. The molecular weight excluding hydrogens is 354 g/mol. The van der Waals surface area contributed by atoms with Crippen molar-refractivity contribution in [2.45, 2.75) is 13.8 Å². The van der Waals surface area contributed by atoms with Gasteiger partial charge in [0.15, 0.2) is 0 Å². The first-order chi connectivity index (χ1) is 13.0. The van der Waals surface area contributed by atoms with E-state index >= 15 is 0 Å². The van der Waals surface area contributed by atoms with Gasteiger partial charge in [-0.2, -0.15) is 0 Å². The van der Waals surface area contributed by atoms with E-state index in [4.69, 9.17) is 0 Å². The lowest BCUT2D eigenvalue weighted by atomic mass is 10.2. The molecule has 3 rings (SSSR count). The van der Waals surface area contributed by atoms with Crippen LogP contribution >= 0.6 is 0 Å². The zero-order valence-corrected chi connectivity index (χ0v) is 14.8. The molecule has 0 fully saturated rings. The minimum absolute atomic E-state index is 0.162. The number of hydrogen-bond acceptors (Lipinski definition) is 5. The van der Waals surface area contributed by atoms with Crippen molar-refractivity contribution in [3.63, 3.8) is 0 Å². The monoisotopic (exact) mass is 372 g/mol. The van der Waals surface area contributed by atoms with E-state index in [0.717, 1.165) is 18.0 Å². The van der Waals surface area contributed by atoms with Crippen molar-refractivity contribution < 1.29 is 13.6 Å². The van der Waals surface area contributed by atoms with Crippen molar-refractivity contribution in [3.05, 3.63) is 65.5 Å². The molecule has 3 aromatic rings. The van der Waals surface area contributed by atoms with Crippen LogP contribution in [0.2, 0.25) is 0 Å². The maximum atomic E-state index is 13.6. The van der Waals surface area contributed by atoms with Gasteiger partial charge in [-0.15, -0.1) is 0 Å². The van der Waals surface area contributed by atoms with Gasteiger partial charge in [-0.3, -0.25) is 9.36 Å². The third-order valence-corrected chi connectivity index (χ3v) is 3.80. The summed E-state index contributed by atoms with van der Waals surface area (Å²) in [5.41, 5.74) is -0.590. The molecule has 2 aromatic heterocycles. The standard InChI is InChI=1S/C18H18F2N6O/c1-11-24-15(10-16(25-11)26-9-8-21-12(26)2)22-6-7-23-18(27)17-13(19)4-3-5-14(17)20/h3-5,8-10H,6-7H2,1-2H3,(H,23,27)(H,22,24,25). The van der Waals surface area contributed by atoms with Crippen molar-refractivity contribution in [2.24, 2.45) is 0 Å². The number of halogens is 2. The summed E-state index contributed by atoms with van der Waals surface area (Å²) in [6.45, 7) is 4.11. The van der Waals surface area contributed by atoms with E-state index in [1.807, 2.05) is 11.5 Å². The van der Waals surface area contributed by atoms with Gasteiger partial charge in [-0.25, -0.2) is 23.7 Å². The fraction of sp³-hybridized carbons (Fsp3) is 0.222. The minimum atomic E-state index is -0.896. The van der Waals surface area contributed by atoms with Crippen molar-refractivity contribution in [1.29, 1.82) is 0 Å². The Hall–Kier alpha value is -3.36. The number of aromatic nitrogens is 4. The van der Waals surface area contributed by atoms with Gasteiger partial charge in [0.2, 0.25) is 0 Å². The van der Waals surface area contributed by atoms with Gasteiger partial charge in [-0.1, -0.05) is 6.07 Å². The van der Waals surface area contributed by atoms with Crippen LogP contribution in [0.3, 0.4) is 0 Å². The topological polar surface area (TPSA) is 84.7 Å². The second-order valence-electron chi connectivity index (χ2n) is 5.78. The molecular formula is C18H18F2N6O. The van der Waals surface area contributed by atoms with Crippen molar-refractivity contribution in [1.82, 2.24) is 24.8 Å². The molecule has 0 saturated carbocycles. The molecule has 0 bridgehead atoms. The Morgan fingerprint density at radius 2 is 1.89 bits per heavy atom. The highest BCUT2D eigenvalue weighted by atomic mass is 19.1. The van der Waals surface area contributed by atoms with Crippen molar-refractivity contribution in [3.8, 4) is 5.82 Å². The quantitative estimate of drug-likeness (QED) is 0.649. The summed E-state index contributed by atoms with van der Waals surface area (Å²) in [6, 6.07) is 5.04. The van der Waals surface area contributed by atoms with Gasteiger partial charge in [0.1, 0.15) is 40.5 Å². The smallest absolute Gasteiger partial charge is 0.257 e. The molecule has 7 nitrogen and oxygen atoms in total. The van der Waals surface area contributed by atoms with E-state index in [-0.39, 0.29) is 6.54 Å². The third kappa shape index (κ3) is 4.25. The van der Waals surface area contributed by atoms with E-state index in [1.165, 1.54) is 6.07 Å². The lowest BCUT2D eigenvalue weighted by molar-refractivity contribution is 0.0946. The van der Waals surface area contributed by atoms with Crippen LogP contribution < -0.4 is 10.6 Å². The zero-order valence-electron chi connectivity index (χ0n) is 14.8. The van der Waals surface area contributed by atoms with Crippen LogP contribution in [0.5, 0.6) is 0 Å². The van der Waals surface area contributed by atoms with Gasteiger partial charge >= 0.3 is 0 Å². The number of benzene rings is 1. The van der Waals surface area contributed by atoms with E-state index in [2.05, 4.69) is 25.6 Å². The van der Waals surface area contributed by atoms with Gasteiger partial charge < -0.3 is 10.6 Å². The van der Waals surface area contributed by atoms with Gasteiger partial charge in [0, 0.05) is 31.5 Å². The van der Waals surface area contributed by atoms with Crippen LogP contribution in [0, 0.1) is 25.5 Å². The zero-order chi connectivity index (χ0) is 19.4. The van der Waals surface area contributed by atoms with Crippen LogP contribution in [0.15, 0.2) is 36.7 Å². The van der Waals surface area contributed by atoms with E-state index in [1.54, 1.807) is 25.4 Å². The van der Waals surface area contributed by atoms with E-state index in [0.29, 0.717) is 24.0 Å². The minimum Gasteiger partial charge on any atom is -0.368 e. The molecule has 0 aliphatic rings. The Labute approximate surface area is 154 Å². The summed E-state index contributed by atoms with van der Waals surface area (Å²) in [6.07, 6.45) is 3.47. The molecule has 140 valence electrons. The Balaban J connectivity index is 1.60. The summed E-state index contributed by atoms with van der Waals surface area (Å²) >= 11 is 0. The van der Waals surface area contributed by atoms with Crippen LogP contribution in [0.4, 0.5) is 14.6 Å². The first-order valence-corrected chi connectivity index (χ1v) is 8.28. The maximum absolute atomic E-state index is 13.6. The van der Waals surface area contributed by atoms with Crippen molar-refractivity contribution in [2.75, 3.05) is 18.4 Å². The summed E-state index contributed by atoms with van der Waals surface area (Å²) in [5, 5.41) is 5.53. The molecule has 2 N–H and O–H groups in total. The number of carbonyl (C=O) groups is 1. The van der Waals surface area contributed by atoms with Crippen LogP contribution in [-0.2, 0) is 0 Å². The predicted molar refractivity (Wildman–Crippen MR) is 95.8 cm³/mol. The second kappa shape index (κ2) is 7.90.